The molecule has 0 spiro atoms. The van der Waals surface area contributed by atoms with Crippen LogP contribution in [0.25, 0.3) is 0 Å². The van der Waals surface area contributed by atoms with Gasteiger partial charge in [0.15, 0.2) is 0 Å². The van der Waals surface area contributed by atoms with Crippen LogP contribution in [0.4, 0.5) is 0 Å². The fourth-order valence-corrected chi connectivity index (χ4v) is 3.04. The van der Waals surface area contributed by atoms with Gasteiger partial charge >= 0.3 is 0 Å². The summed E-state index contributed by atoms with van der Waals surface area (Å²) in [7, 11) is 0. The highest BCUT2D eigenvalue weighted by molar-refractivity contribution is 7.99. The highest BCUT2D eigenvalue weighted by atomic mass is 32.2. The predicted octanol–water partition coefficient (Wildman–Crippen LogP) is 4.77. The Hall–Kier alpha value is -0.510. The molecule has 4 heteroatoms. The van der Waals surface area contributed by atoms with Crippen LogP contribution in [0, 0.1) is 10.8 Å². The Morgan fingerprint density at radius 3 is 2.24 bits per heavy atom. The fraction of sp³-hybridized carbons (Fsp3) is 0.882. The summed E-state index contributed by atoms with van der Waals surface area (Å²) < 4.78 is 2.03. The lowest BCUT2D eigenvalue weighted by Crippen LogP contribution is -2.34. The van der Waals surface area contributed by atoms with Crippen molar-refractivity contribution in [2.45, 2.75) is 73.8 Å². The highest BCUT2D eigenvalue weighted by Crippen LogP contribution is 2.39. The highest BCUT2D eigenvalue weighted by Gasteiger charge is 2.37. The normalized spacial score (nSPS) is 13.7. The molecule has 0 saturated heterocycles. The second kappa shape index (κ2) is 6.72. The zero-order valence-electron chi connectivity index (χ0n) is 15.2. The summed E-state index contributed by atoms with van der Waals surface area (Å²) >= 11 is 2.01. The molecule has 1 heterocycles. The topological polar surface area (TPSA) is 30.7 Å². The zero-order valence-corrected chi connectivity index (χ0v) is 16.0. The van der Waals surface area contributed by atoms with E-state index in [-0.39, 0.29) is 16.2 Å². The first-order valence-electron chi connectivity index (χ1n) is 7.98. The standard InChI is InChI=1S/C17H33N3S/c1-9-21-11-10-16(5,6)13-20-12-14(18-19-20)17(7,8)15(2,3)4/h12H,9-11,13H2,1-8H3. The lowest BCUT2D eigenvalue weighted by Gasteiger charge is -2.37. The van der Waals surface area contributed by atoms with Crippen molar-refractivity contribution < 1.29 is 0 Å². The van der Waals surface area contributed by atoms with Gasteiger partial charge in [-0.15, -0.1) is 5.10 Å². The minimum atomic E-state index is 0.0213. The molecule has 3 nitrogen and oxygen atoms in total. The summed E-state index contributed by atoms with van der Waals surface area (Å²) in [4.78, 5) is 0. The fourth-order valence-electron chi connectivity index (χ4n) is 2.06. The van der Waals surface area contributed by atoms with Crippen molar-refractivity contribution in [3.8, 4) is 0 Å². The first-order chi connectivity index (χ1) is 9.49. The van der Waals surface area contributed by atoms with E-state index in [4.69, 9.17) is 0 Å². The van der Waals surface area contributed by atoms with Gasteiger partial charge < -0.3 is 0 Å². The van der Waals surface area contributed by atoms with Crippen molar-refractivity contribution in [1.82, 2.24) is 15.0 Å². The lowest BCUT2D eigenvalue weighted by atomic mass is 9.67. The number of hydrogen-bond donors (Lipinski definition) is 0. The van der Waals surface area contributed by atoms with Crippen LogP contribution >= 0.6 is 11.8 Å². The van der Waals surface area contributed by atoms with Crippen molar-refractivity contribution in [3.63, 3.8) is 0 Å². The van der Waals surface area contributed by atoms with Gasteiger partial charge in [0.1, 0.15) is 0 Å². The Morgan fingerprint density at radius 2 is 1.71 bits per heavy atom. The van der Waals surface area contributed by atoms with E-state index in [1.165, 1.54) is 17.9 Å². The molecule has 122 valence electrons. The molecule has 1 aromatic rings. The second-order valence-corrected chi connectivity index (χ2v) is 9.68. The monoisotopic (exact) mass is 311 g/mol. The van der Waals surface area contributed by atoms with Crippen LogP contribution in [0.1, 0.15) is 67.5 Å². The molecule has 1 aromatic heterocycles. The molecule has 0 fully saturated rings. The molecule has 0 aliphatic carbocycles. The molecule has 21 heavy (non-hydrogen) atoms. The maximum atomic E-state index is 4.44. The predicted molar refractivity (Wildman–Crippen MR) is 93.9 cm³/mol. The van der Waals surface area contributed by atoms with Crippen LogP contribution in [0.15, 0.2) is 6.20 Å². The molecule has 0 bridgehead atoms. The number of aromatic nitrogens is 3. The van der Waals surface area contributed by atoms with Crippen molar-refractivity contribution >= 4 is 11.8 Å². The van der Waals surface area contributed by atoms with Crippen LogP contribution in [-0.4, -0.2) is 26.5 Å². The minimum absolute atomic E-state index is 0.0213. The van der Waals surface area contributed by atoms with Gasteiger partial charge in [-0.05, 0) is 28.8 Å². The van der Waals surface area contributed by atoms with Gasteiger partial charge in [0.2, 0.25) is 0 Å². The first-order valence-corrected chi connectivity index (χ1v) is 9.13. The van der Waals surface area contributed by atoms with Gasteiger partial charge in [0.05, 0.1) is 5.69 Å². The smallest absolute Gasteiger partial charge is 0.0888 e. The van der Waals surface area contributed by atoms with Gasteiger partial charge in [-0.3, -0.25) is 4.68 Å². The van der Waals surface area contributed by atoms with E-state index >= 15 is 0 Å². The number of nitrogens with zero attached hydrogens (tertiary/aromatic N) is 3. The van der Waals surface area contributed by atoms with Gasteiger partial charge in [-0.25, -0.2) is 0 Å². The van der Waals surface area contributed by atoms with Crippen molar-refractivity contribution in [2.24, 2.45) is 10.8 Å². The molecule has 0 N–H and O–H groups in total. The van der Waals surface area contributed by atoms with E-state index in [2.05, 4.69) is 71.9 Å². The van der Waals surface area contributed by atoms with Crippen molar-refractivity contribution in [1.29, 1.82) is 0 Å². The van der Waals surface area contributed by atoms with Gasteiger partial charge in [-0.1, -0.05) is 60.6 Å². The SMILES string of the molecule is CCSCCC(C)(C)Cn1cc(C(C)(C)C(C)(C)C)nn1. The maximum Gasteiger partial charge on any atom is 0.0888 e. The number of thioether (sulfide) groups is 1. The molecule has 0 atom stereocenters. The summed E-state index contributed by atoms with van der Waals surface area (Å²) in [5.74, 6) is 2.42. The Labute approximate surface area is 135 Å². The zero-order chi connectivity index (χ0) is 16.3. The molecule has 0 aliphatic heterocycles. The second-order valence-electron chi connectivity index (χ2n) is 8.29. The van der Waals surface area contributed by atoms with E-state index in [9.17, 15) is 0 Å². The summed E-state index contributed by atoms with van der Waals surface area (Å²) in [5, 5.41) is 8.81. The Balaban J connectivity index is 2.76. The van der Waals surface area contributed by atoms with Gasteiger partial charge in [-0.2, -0.15) is 11.8 Å². The third kappa shape index (κ3) is 5.01. The van der Waals surface area contributed by atoms with Crippen LogP contribution in [-0.2, 0) is 12.0 Å². The largest absolute Gasteiger partial charge is 0.252 e. The lowest BCUT2D eigenvalue weighted by molar-refractivity contribution is 0.219. The first kappa shape index (κ1) is 18.5. The van der Waals surface area contributed by atoms with Crippen molar-refractivity contribution in [2.75, 3.05) is 11.5 Å². The van der Waals surface area contributed by atoms with Gasteiger partial charge in [0, 0.05) is 18.2 Å². The summed E-state index contributed by atoms with van der Waals surface area (Å²) in [6.07, 6.45) is 3.35. The summed E-state index contributed by atoms with van der Waals surface area (Å²) in [6, 6.07) is 0. The Kier molecular flexibility index (Phi) is 5.93. The molecule has 0 amide bonds. The number of hydrogen-bond acceptors (Lipinski definition) is 3. The molecule has 0 saturated carbocycles. The molecule has 0 aromatic carbocycles. The maximum absolute atomic E-state index is 4.44. The Bertz CT molecular complexity index is 441. The molecule has 0 radical (unpaired) electrons. The summed E-state index contributed by atoms with van der Waals surface area (Å²) in [5.41, 5.74) is 1.54. The van der Waals surface area contributed by atoms with Crippen molar-refractivity contribution in [3.05, 3.63) is 11.9 Å². The average molecular weight is 312 g/mol. The van der Waals surface area contributed by atoms with E-state index in [1.54, 1.807) is 0 Å². The van der Waals surface area contributed by atoms with Crippen LogP contribution in [0.3, 0.4) is 0 Å². The van der Waals surface area contributed by atoms with Crippen LogP contribution in [0.5, 0.6) is 0 Å². The Morgan fingerprint density at radius 1 is 1.10 bits per heavy atom. The molecular formula is C17H33N3S. The van der Waals surface area contributed by atoms with Crippen LogP contribution in [0.2, 0.25) is 0 Å². The van der Waals surface area contributed by atoms with E-state index in [0.717, 1.165) is 12.2 Å². The average Bonchev–Trinajstić information content (AvgIpc) is 2.75. The molecular weight excluding hydrogens is 278 g/mol. The van der Waals surface area contributed by atoms with E-state index in [0.29, 0.717) is 0 Å². The minimum Gasteiger partial charge on any atom is -0.252 e. The number of rotatable bonds is 7. The molecule has 0 unspecified atom stereocenters. The van der Waals surface area contributed by atoms with E-state index < -0.39 is 0 Å². The third-order valence-corrected chi connectivity index (χ3v) is 5.67. The third-order valence-electron chi connectivity index (χ3n) is 4.77. The molecule has 1 rings (SSSR count). The van der Waals surface area contributed by atoms with E-state index in [1.807, 2.05) is 16.4 Å². The van der Waals surface area contributed by atoms with Gasteiger partial charge in [0.25, 0.3) is 0 Å². The molecule has 0 aliphatic rings. The quantitative estimate of drug-likeness (QED) is 0.679. The van der Waals surface area contributed by atoms with Crippen LogP contribution < -0.4 is 0 Å². The summed E-state index contributed by atoms with van der Waals surface area (Å²) in [6.45, 7) is 19.1.